The molecule has 10 heavy (non-hydrogen) atoms. The molecule has 0 atom stereocenters. The Labute approximate surface area is 59.3 Å². The van der Waals surface area contributed by atoms with Crippen LogP contribution in [-0.2, 0) is 14.9 Å². The summed E-state index contributed by atoms with van der Waals surface area (Å²) in [7, 11) is -4.51. The lowest BCUT2D eigenvalue weighted by molar-refractivity contribution is -0.108. The molecule has 4 nitrogen and oxygen atoms in total. The topological polar surface area (TPSA) is 71.4 Å². The molecule has 0 rings (SSSR count). The zero-order valence-corrected chi connectivity index (χ0v) is 6.47. The Morgan fingerprint density at radius 1 is 1.40 bits per heavy atom. The Bertz CT molecular complexity index is 255. The first-order chi connectivity index (χ1) is 4.34. The van der Waals surface area contributed by atoms with Gasteiger partial charge in [0.15, 0.2) is 0 Å². The molecule has 0 aliphatic rings. The smallest absolute Gasteiger partial charge is 0.279 e. The molecule has 0 aliphatic heterocycles. The summed E-state index contributed by atoms with van der Waals surface area (Å²) in [5, 5.41) is -1.27. The van der Waals surface area contributed by atoms with Crippen LogP contribution in [0.1, 0.15) is 13.8 Å². The minimum absolute atomic E-state index is 0.530. The standard InChI is InChI=1S/C5H8O4S/c1-4(2)3-5(6)10(7,8)9/h3H,1-2H3,(H,7,8,9). The molecular formula is C5H8O4S. The summed E-state index contributed by atoms with van der Waals surface area (Å²) in [6.07, 6.45) is 0.856. The molecule has 0 saturated heterocycles. The van der Waals surface area contributed by atoms with Crippen molar-refractivity contribution in [3.63, 3.8) is 0 Å². The lowest BCUT2D eigenvalue weighted by Gasteiger charge is -1.88. The maximum absolute atomic E-state index is 10.4. The van der Waals surface area contributed by atoms with Crippen molar-refractivity contribution in [3.8, 4) is 0 Å². The highest BCUT2D eigenvalue weighted by Crippen LogP contribution is 1.93. The van der Waals surface area contributed by atoms with Crippen LogP contribution in [0, 0.1) is 0 Å². The second kappa shape index (κ2) is 2.94. The van der Waals surface area contributed by atoms with E-state index in [-0.39, 0.29) is 0 Å². The zero-order chi connectivity index (χ0) is 8.36. The maximum atomic E-state index is 10.4. The highest BCUT2D eigenvalue weighted by atomic mass is 32.2. The third kappa shape index (κ3) is 3.37. The molecule has 0 amide bonds. The Morgan fingerprint density at radius 3 is 1.90 bits per heavy atom. The van der Waals surface area contributed by atoms with Crippen LogP contribution in [0.2, 0.25) is 0 Å². The predicted octanol–water partition coefficient (Wildman–Crippen LogP) is 0.367. The molecule has 0 aromatic heterocycles. The van der Waals surface area contributed by atoms with E-state index in [0.717, 1.165) is 6.08 Å². The molecule has 0 aromatic carbocycles. The monoisotopic (exact) mass is 164 g/mol. The number of rotatable bonds is 1. The fraction of sp³-hybridized carbons (Fsp3) is 0.400. The van der Waals surface area contributed by atoms with Gasteiger partial charge in [0.25, 0.3) is 5.12 Å². The van der Waals surface area contributed by atoms with Crippen molar-refractivity contribution in [2.45, 2.75) is 13.8 Å². The van der Waals surface area contributed by atoms with E-state index in [2.05, 4.69) is 0 Å². The summed E-state index contributed by atoms with van der Waals surface area (Å²) in [5.74, 6) is 0. The summed E-state index contributed by atoms with van der Waals surface area (Å²) >= 11 is 0. The van der Waals surface area contributed by atoms with Crippen LogP contribution in [0.4, 0.5) is 0 Å². The fourth-order valence-corrected chi connectivity index (χ4v) is 0.695. The van der Waals surface area contributed by atoms with Crippen molar-refractivity contribution >= 4 is 15.2 Å². The van der Waals surface area contributed by atoms with Gasteiger partial charge >= 0.3 is 10.1 Å². The van der Waals surface area contributed by atoms with Crippen molar-refractivity contribution in [1.29, 1.82) is 0 Å². The van der Waals surface area contributed by atoms with Gasteiger partial charge in [-0.15, -0.1) is 0 Å². The second-order valence-electron chi connectivity index (χ2n) is 2.02. The van der Waals surface area contributed by atoms with Crippen molar-refractivity contribution in [2.24, 2.45) is 0 Å². The normalized spacial score (nSPS) is 10.7. The lowest BCUT2D eigenvalue weighted by Crippen LogP contribution is -2.09. The zero-order valence-electron chi connectivity index (χ0n) is 5.66. The molecule has 0 bridgehead atoms. The van der Waals surface area contributed by atoms with Crippen molar-refractivity contribution in [1.82, 2.24) is 0 Å². The number of allylic oxidation sites excluding steroid dienone is 1. The van der Waals surface area contributed by atoms with Gasteiger partial charge in [0.05, 0.1) is 0 Å². The van der Waals surface area contributed by atoms with Crippen LogP contribution in [0.3, 0.4) is 0 Å². The Morgan fingerprint density at radius 2 is 1.80 bits per heavy atom. The average molecular weight is 164 g/mol. The summed E-state index contributed by atoms with van der Waals surface area (Å²) in [6.45, 7) is 3.12. The van der Waals surface area contributed by atoms with Crippen LogP contribution in [-0.4, -0.2) is 18.1 Å². The van der Waals surface area contributed by atoms with Crippen molar-refractivity contribution in [3.05, 3.63) is 11.6 Å². The van der Waals surface area contributed by atoms with E-state index < -0.39 is 15.2 Å². The van der Waals surface area contributed by atoms with Crippen LogP contribution in [0.15, 0.2) is 11.6 Å². The van der Waals surface area contributed by atoms with Crippen LogP contribution in [0.5, 0.6) is 0 Å². The third-order valence-electron chi connectivity index (χ3n) is 0.661. The largest absolute Gasteiger partial charge is 0.332 e. The summed E-state index contributed by atoms with van der Waals surface area (Å²) in [5.41, 5.74) is 0.530. The summed E-state index contributed by atoms with van der Waals surface area (Å²) in [6, 6.07) is 0. The average Bonchev–Trinajstić information content (AvgIpc) is 1.60. The highest BCUT2D eigenvalue weighted by Gasteiger charge is 2.13. The Balaban J connectivity index is 4.60. The molecule has 58 valence electrons. The minimum Gasteiger partial charge on any atom is -0.279 e. The number of carbonyl (C=O) groups is 1. The molecule has 0 spiro atoms. The molecule has 0 aliphatic carbocycles. The molecular weight excluding hydrogens is 156 g/mol. The number of hydrogen-bond donors (Lipinski definition) is 1. The third-order valence-corrected chi connectivity index (χ3v) is 1.29. The minimum atomic E-state index is -4.51. The second-order valence-corrected chi connectivity index (χ2v) is 3.37. The Hall–Kier alpha value is -0.680. The number of hydrogen-bond acceptors (Lipinski definition) is 3. The van der Waals surface area contributed by atoms with Crippen molar-refractivity contribution < 1.29 is 17.8 Å². The van der Waals surface area contributed by atoms with Crippen LogP contribution < -0.4 is 0 Å². The SMILES string of the molecule is CC(C)=CC(=O)S(=O)(=O)O. The van der Waals surface area contributed by atoms with Gasteiger partial charge in [-0.2, -0.15) is 8.42 Å². The summed E-state index contributed by atoms with van der Waals surface area (Å²) < 4.78 is 28.2. The van der Waals surface area contributed by atoms with Gasteiger partial charge in [0.1, 0.15) is 0 Å². The highest BCUT2D eigenvalue weighted by molar-refractivity contribution is 8.01. The van der Waals surface area contributed by atoms with E-state index in [0.29, 0.717) is 5.57 Å². The molecule has 0 aromatic rings. The Kier molecular flexibility index (Phi) is 2.74. The summed E-state index contributed by atoms with van der Waals surface area (Å²) in [4.78, 5) is 10.4. The quantitative estimate of drug-likeness (QED) is 0.449. The van der Waals surface area contributed by atoms with E-state index in [1.165, 1.54) is 0 Å². The molecule has 5 heteroatoms. The van der Waals surface area contributed by atoms with Crippen molar-refractivity contribution in [2.75, 3.05) is 0 Å². The maximum Gasteiger partial charge on any atom is 0.332 e. The molecule has 0 fully saturated rings. The van der Waals surface area contributed by atoms with Gasteiger partial charge < -0.3 is 0 Å². The van der Waals surface area contributed by atoms with Gasteiger partial charge in [-0.25, -0.2) is 0 Å². The van der Waals surface area contributed by atoms with Gasteiger partial charge in [-0.05, 0) is 19.9 Å². The predicted molar refractivity (Wildman–Crippen MR) is 36.0 cm³/mol. The van der Waals surface area contributed by atoms with E-state index in [1.807, 2.05) is 0 Å². The van der Waals surface area contributed by atoms with E-state index in [4.69, 9.17) is 4.55 Å². The first-order valence-corrected chi connectivity index (χ1v) is 3.94. The fourth-order valence-electron chi connectivity index (χ4n) is 0.310. The van der Waals surface area contributed by atoms with Crippen LogP contribution in [0.25, 0.3) is 0 Å². The first kappa shape index (κ1) is 9.32. The molecule has 0 unspecified atom stereocenters. The molecule has 0 radical (unpaired) electrons. The number of carbonyl (C=O) groups excluding carboxylic acids is 1. The lowest BCUT2D eigenvalue weighted by atomic mass is 10.3. The molecule has 0 heterocycles. The van der Waals surface area contributed by atoms with Crippen LogP contribution >= 0.6 is 0 Å². The van der Waals surface area contributed by atoms with E-state index in [1.54, 1.807) is 13.8 Å². The van der Waals surface area contributed by atoms with Gasteiger partial charge in [-0.1, -0.05) is 5.57 Å². The molecule has 1 N–H and O–H groups in total. The van der Waals surface area contributed by atoms with Gasteiger partial charge in [-0.3, -0.25) is 9.35 Å². The van der Waals surface area contributed by atoms with Gasteiger partial charge in [0, 0.05) is 0 Å². The van der Waals surface area contributed by atoms with E-state index >= 15 is 0 Å². The van der Waals surface area contributed by atoms with E-state index in [9.17, 15) is 13.2 Å². The molecule has 0 saturated carbocycles. The van der Waals surface area contributed by atoms with Gasteiger partial charge in [0.2, 0.25) is 0 Å². The first-order valence-electron chi connectivity index (χ1n) is 2.50.